The van der Waals surface area contributed by atoms with Crippen molar-refractivity contribution in [1.82, 2.24) is 0 Å². The fourth-order valence-electron chi connectivity index (χ4n) is 3.93. The molecular formula is C29H54O4. The third-order valence-corrected chi connectivity index (χ3v) is 6.03. The molecule has 0 aliphatic carbocycles. The van der Waals surface area contributed by atoms with Gasteiger partial charge in [-0.2, -0.15) is 0 Å². The van der Waals surface area contributed by atoms with Crippen molar-refractivity contribution in [1.29, 1.82) is 0 Å². The maximum Gasteiger partial charge on any atom is 0.347 e. The first kappa shape index (κ1) is 31.7. The Bertz CT molecular complexity index is 484. The highest BCUT2D eigenvalue weighted by molar-refractivity contribution is 5.79. The molecule has 0 radical (unpaired) electrons. The van der Waals surface area contributed by atoms with Crippen LogP contribution in [0.25, 0.3) is 0 Å². The lowest BCUT2D eigenvalue weighted by molar-refractivity contribution is -0.170. The normalized spacial score (nSPS) is 12.4. The highest BCUT2D eigenvalue weighted by atomic mass is 16.6. The number of rotatable bonds is 23. The number of hydrogen-bond acceptors (Lipinski definition) is 4. The first-order valence-corrected chi connectivity index (χ1v) is 14.0. The number of hydrogen-bond donors (Lipinski definition) is 0. The van der Waals surface area contributed by atoms with Crippen LogP contribution >= 0.6 is 0 Å². The average Bonchev–Trinajstić information content (AvgIpc) is 2.79. The van der Waals surface area contributed by atoms with Crippen LogP contribution in [0, 0.1) is 5.92 Å². The number of allylic oxidation sites excluding steroid dienone is 2. The third kappa shape index (κ3) is 21.0. The van der Waals surface area contributed by atoms with Crippen LogP contribution in [0.5, 0.6) is 0 Å². The number of esters is 2. The van der Waals surface area contributed by atoms with Crippen LogP contribution < -0.4 is 0 Å². The summed E-state index contributed by atoms with van der Waals surface area (Å²) in [4.78, 5) is 23.9. The van der Waals surface area contributed by atoms with E-state index in [1.807, 2.05) is 13.8 Å². The molecular weight excluding hydrogens is 412 g/mol. The summed E-state index contributed by atoms with van der Waals surface area (Å²) in [5, 5.41) is 0. The van der Waals surface area contributed by atoms with Crippen molar-refractivity contribution in [3.05, 3.63) is 12.2 Å². The van der Waals surface area contributed by atoms with E-state index in [-0.39, 0.29) is 11.9 Å². The van der Waals surface area contributed by atoms with Crippen molar-refractivity contribution in [2.45, 2.75) is 149 Å². The molecule has 0 rings (SSSR count). The Morgan fingerprint density at radius 3 is 1.58 bits per heavy atom. The Balaban J connectivity index is 3.46. The van der Waals surface area contributed by atoms with Crippen LogP contribution in [0.3, 0.4) is 0 Å². The minimum Gasteiger partial charge on any atom is -0.463 e. The molecule has 0 saturated carbocycles. The summed E-state index contributed by atoms with van der Waals surface area (Å²) in [6.07, 6.45) is 26.0. The molecule has 0 aliphatic heterocycles. The third-order valence-electron chi connectivity index (χ3n) is 6.03. The first-order valence-electron chi connectivity index (χ1n) is 14.0. The van der Waals surface area contributed by atoms with Gasteiger partial charge < -0.3 is 9.47 Å². The lowest BCUT2D eigenvalue weighted by Crippen LogP contribution is -2.33. The molecule has 4 nitrogen and oxygen atoms in total. The number of unbranched alkanes of at least 4 members (excludes halogenated alkanes) is 15. The topological polar surface area (TPSA) is 52.6 Å². The van der Waals surface area contributed by atoms with E-state index in [0.29, 0.717) is 13.0 Å². The van der Waals surface area contributed by atoms with Gasteiger partial charge in [0.05, 0.1) is 6.61 Å². The second kappa shape index (κ2) is 23.8. The highest BCUT2D eigenvalue weighted by Crippen LogP contribution is 2.14. The number of carbonyl (C=O) groups excluding carboxylic acids is 2. The SMILES string of the molecule is CCCCCCCC/C=C/CCCCCCCCCCCC(=O)OC(C(=O)OCC)C(C)C. The predicted octanol–water partition coefficient (Wildman–Crippen LogP) is 8.72. The fraction of sp³-hybridized carbons (Fsp3) is 0.862. The van der Waals surface area contributed by atoms with Gasteiger partial charge in [0.25, 0.3) is 0 Å². The van der Waals surface area contributed by atoms with Crippen molar-refractivity contribution in [2.24, 2.45) is 5.92 Å². The Hall–Kier alpha value is -1.32. The van der Waals surface area contributed by atoms with Gasteiger partial charge in [-0.25, -0.2) is 4.79 Å². The Morgan fingerprint density at radius 2 is 1.12 bits per heavy atom. The molecule has 4 heteroatoms. The zero-order chi connectivity index (χ0) is 24.6. The highest BCUT2D eigenvalue weighted by Gasteiger charge is 2.27. The summed E-state index contributed by atoms with van der Waals surface area (Å²) in [5.74, 6) is -0.804. The van der Waals surface area contributed by atoms with E-state index in [1.165, 1.54) is 96.3 Å². The molecule has 0 aromatic rings. The van der Waals surface area contributed by atoms with Gasteiger partial charge in [-0.05, 0) is 39.0 Å². The molecule has 33 heavy (non-hydrogen) atoms. The molecule has 1 atom stereocenters. The first-order chi connectivity index (χ1) is 16.0. The lowest BCUT2D eigenvalue weighted by Gasteiger charge is -2.19. The van der Waals surface area contributed by atoms with E-state index < -0.39 is 12.1 Å². The second-order valence-electron chi connectivity index (χ2n) is 9.66. The second-order valence-corrected chi connectivity index (χ2v) is 9.66. The minimum atomic E-state index is -0.784. The molecule has 0 N–H and O–H groups in total. The van der Waals surface area contributed by atoms with E-state index in [1.54, 1.807) is 6.92 Å². The van der Waals surface area contributed by atoms with Gasteiger partial charge in [0.1, 0.15) is 0 Å². The van der Waals surface area contributed by atoms with Gasteiger partial charge >= 0.3 is 11.9 Å². The van der Waals surface area contributed by atoms with Crippen LogP contribution in [0.2, 0.25) is 0 Å². The van der Waals surface area contributed by atoms with Crippen LogP contribution in [0.15, 0.2) is 12.2 Å². The molecule has 0 bridgehead atoms. The molecule has 0 aliphatic rings. The van der Waals surface area contributed by atoms with Crippen LogP contribution in [0.4, 0.5) is 0 Å². The minimum absolute atomic E-state index is 0.0749. The zero-order valence-electron chi connectivity index (χ0n) is 22.4. The van der Waals surface area contributed by atoms with Gasteiger partial charge in [0.15, 0.2) is 0 Å². The number of carbonyl (C=O) groups is 2. The molecule has 1 unspecified atom stereocenters. The molecule has 0 amide bonds. The maximum absolute atomic E-state index is 12.0. The average molecular weight is 467 g/mol. The molecule has 0 aromatic heterocycles. The van der Waals surface area contributed by atoms with Crippen molar-refractivity contribution >= 4 is 11.9 Å². The van der Waals surface area contributed by atoms with E-state index in [9.17, 15) is 9.59 Å². The van der Waals surface area contributed by atoms with Crippen LogP contribution in [-0.4, -0.2) is 24.6 Å². The van der Waals surface area contributed by atoms with E-state index in [2.05, 4.69) is 19.1 Å². The largest absolute Gasteiger partial charge is 0.463 e. The summed E-state index contributed by atoms with van der Waals surface area (Å²) in [5.41, 5.74) is 0. The monoisotopic (exact) mass is 466 g/mol. The number of ether oxygens (including phenoxy) is 2. The van der Waals surface area contributed by atoms with Gasteiger partial charge in [-0.3, -0.25) is 4.79 Å². The lowest BCUT2D eigenvalue weighted by atomic mass is 10.1. The smallest absolute Gasteiger partial charge is 0.347 e. The molecule has 194 valence electrons. The summed E-state index contributed by atoms with van der Waals surface area (Å²) >= 11 is 0. The predicted molar refractivity (Wildman–Crippen MR) is 139 cm³/mol. The fourth-order valence-corrected chi connectivity index (χ4v) is 3.93. The maximum atomic E-state index is 12.0. The van der Waals surface area contributed by atoms with E-state index in [4.69, 9.17) is 9.47 Å². The standard InChI is InChI=1S/C29H54O4/c1-5-7-8-9-10-11-12-13-14-15-16-17-18-19-20-21-22-23-24-25-27(30)33-28(26(3)4)29(31)32-6-2/h13-14,26,28H,5-12,15-25H2,1-4H3/b14-13+. The molecule has 0 aromatic carbocycles. The molecule has 0 spiro atoms. The quantitative estimate of drug-likeness (QED) is 0.0858. The summed E-state index contributed by atoms with van der Waals surface area (Å²) in [6.45, 7) is 8.06. The molecule has 0 heterocycles. The Labute approximate surface area is 205 Å². The van der Waals surface area contributed by atoms with E-state index in [0.717, 1.165) is 12.8 Å². The Morgan fingerprint density at radius 1 is 0.667 bits per heavy atom. The van der Waals surface area contributed by atoms with Crippen molar-refractivity contribution in [2.75, 3.05) is 6.61 Å². The van der Waals surface area contributed by atoms with Gasteiger partial charge in [-0.1, -0.05) is 110 Å². The zero-order valence-corrected chi connectivity index (χ0v) is 22.4. The van der Waals surface area contributed by atoms with E-state index >= 15 is 0 Å². The summed E-state index contributed by atoms with van der Waals surface area (Å²) < 4.78 is 10.3. The summed E-state index contributed by atoms with van der Waals surface area (Å²) in [7, 11) is 0. The van der Waals surface area contributed by atoms with Gasteiger partial charge in [0.2, 0.25) is 6.10 Å². The van der Waals surface area contributed by atoms with Gasteiger partial charge in [0, 0.05) is 12.3 Å². The Kier molecular flexibility index (Phi) is 22.9. The summed E-state index contributed by atoms with van der Waals surface area (Å²) in [6, 6.07) is 0. The molecule has 0 fully saturated rings. The van der Waals surface area contributed by atoms with Crippen molar-refractivity contribution in [3.63, 3.8) is 0 Å². The van der Waals surface area contributed by atoms with Crippen molar-refractivity contribution in [3.8, 4) is 0 Å². The van der Waals surface area contributed by atoms with Crippen LogP contribution in [0.1, 0.15) is 143 Å². The molecule has 0 saturated heterocycles. The van der Waals surface area contributed by atoms with Crippen molar-refractivity contribution < 1.29 is 19.1 Å². The van der Waals surface area contributed by atoms with Crippen LogP contribution in [-0.2, 0) is 19.1 Å². The van der Waals surface area contributed by atoms with Gasteiger partial charge in [-0.15, -0.1) is 0 Å².